The summed E-state index contributed by atoms with van der Waals surface area (Å²) in [6.07, 6.45) is 0.676. The second-order valence-corrected chi connectivity index (χ2v) is 4.91. The monoisotopic (exact) mass is 253 g/mol. The number of aryl methyl sites for hydroxylation is 2. The molecule has 0 fully saturated rings. The molecule has 0 aromatic carbocycles. The third-order valence-corrected chi connectivity index (χ3v) is 3.19. The molecule has 84 valence electrons. The molecule has 0 radical (unpaired) electrons. The van der Waals surface area contributed by atoms with Crippen molar-refractivity contribution in [2.24, 2.45) is 0 Å². The summed E-state index contributed by atoms with van der Waals surface area (Å²) in [5.41, 5.74) is 2.84. The summed E-state index contributed by atoms with van der Waals surface area (Å²) in [6, 6.07) is 1.91. The maximum absolute atomic E-state index is 5.77. The van der Waals surface area contributed by atoms with Crippen LogP contribution in [0, 0.1) is 13.8 Å². The highest BCUT2D eigenvalue weighted by atomic mass is 35.5. The molecule has 0 amide bonds. The standard InChI is InChI=1S/C11H12ClN3S/c1-7-3-9(5-12)15-11(13-7)4-10-6-16-8(2)14-10/h3,6H,4-5H2,1-2H3. The Labute approximate surface area is 104 Å². The van der Waals surface area contributed by atoms with Crippen molar-refractivity contribution in [1.29, 1.82) is 0 Å². The molecular weight excluding hydrogens is 242 g/mol. The molecule has 0 aliphatic rings. The molecule has 0 bridgehead atoms. The fourth-order valence-corrected chi connectivity index (χ4v) is 2.25. The van der Waals surface area contributed by atoms with E-state index >= 15 is 0 Å². The van der Waals surface area contributed by atoms with Crippen LogP contribution in [0.2, 0.25) is 0 Å². The number of thiazole rings is 1. The largest absolute Gasteiger partial charge is 0.246 e. The molecule has 2 rings (SSSR count). The maximum Gasteiger partial charge on any atom is 0.134 e. The Hall–Kier alpha value is -1.00. The van der Waals surface area contributed by atoms with Crippen molar-refractivity contribution >= 4 is 22.9 Å². The van der Waals surface area contributed by atoms with Gasteiger partial charge in [-0.25, -0.2) is 15.0 Å². The van der Waals surface area contributed by atoms with E-state index in [0.29, 0.717) is 12.3 Å². The second-order valence-electron chi connectivity index (χ2n) is 3.59. The van der Waals surface area contributed by atoms with Gasteiger partial charge in [0.15, 0.2) is 0 Å². The molecule has 0 spiro atoms. The number of hydrogen-bond acceptors (Lipinski definition) is 4. The van der Waals surface area contributed by atoms with Gasteiger partial charge in [0.25, 0.3) is 0 Å². The molecule has 0 unspecified atom stereocenters. The van der Waals surface area contributed by atoms with Crippen LogP contribution in [0.15, 0.2) is 11.4 Å². The lowest BCUT2D eigenvalue weighted by Gasteiger charge is -2.02. The first-order chi connectivity index (χ1) is 7.67. The predicted molar refractivity (Wildman–Crippen MR) is 66.0 cm³/mol. The molecule has 16 heavy (non-hydrogen) atoms. The summed E-state index contributed by atoms with van der Waals surface area (Å²) < 4.78 is 0. The molecule has 2 aromatic rings. The van der Waals surface area contributed by atoms with Crippen LogP contribution in [0.4, 0.5) is 0 Å². The summed E-state index contributed by atoms with van der Waals surface area (Å²) in [5.74, 6) is 1.22. The smallest absolute Gasteiger partial charge is 0.134 e. The van der Waals surface area contributed by atoms with E-state index in [1.807, 2.05) is 25.3 Å². The van der Waals surface area contributed by atoms with Gasteiger partial charge in [-0.05, 0) is 19.9 Å². The zero-order chi connectivity index (χ0) is 11.5. The van der Waals surface area contributed by atoms with E-state index in [-0.39, 0.29) is 0 Å². The van der Waals surface area contributed by atoms with E-state index in [9.17, 15) is 0 Å². The van der Waals surface area contributed by atoms with E-state index in [1.54, 1.807) is 11.3 Å². The summed E-state index contributed by atoms with van der Waals surface area (Å²) >= 11 is 7.42. The first-order valence-corrected chi connectivity index (χ1v) is 6.39. The zero-order valence-corrected chi connectivity index (χ0v) is 10.8. The van der Waals surface area contributed by atoms with Gasteiger partial charge in [-0.15, -0.1) is 22.9 Å². The molecule has 0 saturated heterocycles. The van der Waals surface area contributed by atoms with Crippen LogP contribution in [0.1, 0.15) is 27.9 Å². The Bertz CT molecular complexity index is 496. The number of rotatable bonds is 3. The van der Waals surface area contributed by atoms with Gasteiger partial charge in [0.1, 0.15) is 5.82 Å². The molecule has 2 aromatic heterocycles. The third-order valence-electron chi connectivity index (χ3n) is 2.10. The zero-order valence-electron chi connectivity index (χ0n) is 9.20. The predicted octanol–water partition coefficient (Wildman–Crippen LogP) is 2.88. The van der Waals surface area contributed by atoms with E-state index in [4.69, 9.17) is 11.6 Å². The second kappa shape index (κ2) is 4.89. The molecule has 0 saturated carbocycles. The quantitative estimate of drug-likeness (QED) is 0.790. The number of nitrogens with zero attached hydrogens (tertiary/aromatic N) is 3. The number of hydrogen-bond donors (Lipinski definition) is 0. The Morgan fingerprint density at radius 2 is 2.00 bits per heavy atom. The van der Waals surface area contributed by atoms with Crippen molar-refractivity contribution in [3.8, 4) is 0 Å². The lowest BCUT2D eigenvalue weighted by Crippen LogP contribution is -2.01. The first kappa shape index (κ1) is 11.5. The first-order valence-electron chi connectivity index (χ1n) is 4.98. The topological polar surface area (TPSA) is 38.7 Å². The fourth-order valence-electron chi connectivity index (χ4n) is 1.50. The van der Waals surface area contributed by atoms with Gasteiger partial charge in [-0.3, -0.25) is 0 Å². The van der Waals surface area contributed by atoms with Gasteiger partial charge in [-0.2, -0.15) is 0 Å². The average Bonchev–Trinajstić information content (AvgIpc) is 2.63. The van der Waals surface area contributed by atoms with Gasteiger partial charge in [0.05, 0.1) is 28.7 Å². The minimum absolute atomic E-state index is 0.423. The van der Waals surface area contributed by atoms with Crippen molar-refractivity contribution in [3.63, 3.8) is 0 Å². The normalized spacial score (nSPS) is 10.7. The van der Waals surface area contributed by atoms with Crippen LogP contribution in [-0.2, 0) is 12.3 Å². The highest BCUT2D eigenvalue weighted by Crippen LogP contribution is 2.12. The number of halogens is 1. The van der Waals surface area contributed by atoms with E-state index in [0.717, 1.165) is 27.9 Å². The number of aromatic nitrogens is 3. The SMILES string of the molecule is Cc1cc(CCl)nc(Cc2csc(C)n2)n1. The minimum Gasteiger partial charge on any atom is -0.246 e. The Balaban J connectivity index is 2.24. The van der Waals surface area contributed by atoms with Crippen LogP contribution in [0.25, 0.3) is 0 Å². The van der Waals surface area contributed by atoms with E-state index in [2.05, 4.69) is 15.0 Å². The number of alkyl halides is 1. The highest BCUT2D eigenvalue weighted by molar-refractivity contribution is 7.09. The third kappa shape index (κ3) is 2.77. The van der Waals surface area contributed by atoms with Crippen molar-refractivity contribution in [2.75, 3.05) is 0 Å². The molecule has 2 heterocycles. The van der Waals surface area contributed by atoms with Crippen LogP contribution in [-0.4, -0.2) is 15.0 Å². The molecule has 3 nitrogen and oxygen atoms in total. The van der Waals surface area contributed by atoms with Crippen molar-refractivity contribution in [1.82, 2.24) is 15.0 Å². The lowest BCUT2D eigenvalue weighted by atomic mass is 10.3. The lowest BCUT2D eigenvalue weighted by molar-refractivity contribution is 0.895. The molecule has 0 N–H and O–H groups in total. The average molecular weight is 254 g/mol. The van der Waals surface area contributed by atoms with Crippen molar-refractivity contribution in [3.05, 3.63) is 39.4 Å². The highest BCUT2D eigenvalue weighted by Gasteiger charge is 2.05. The molecule has 0 aliphatic carbocycles. The molecule has 0 aliphatic heterocycles. The Morgan fingerprint density at radius 3 is 2.62 bits per heavy atom. The summed E-state index contributed by atoms with van der Waals surface area (Å²) in [7, 11) is 0. The van der Waals surface area contributed by atoms with E-state index < -0.39 is 0 Å². The van der Waals surface area contributed by atoms with Crippen molar-refractivity contribution < 1.29 is 0 Å². The van der Waals surface area contributed by atoms with Crippen LogP contribution in [0.5, 0.6) is 0 Å². The van der Waals surface area contributed by atoms with Crippen molar-refractivity contribution in [2.45, 2.75) is 26.1 Å². The van der Waals surface area contributed by atoms with Crippen LogP contribution < -0.4 is 0 Å². The van der Waals surface area contributed by atoms with Crippen LogP contribution >= 0.6 is 22.9 Å². The van der Waals surface area contributed by atoms with Crippen LogP contribution in [0.3, 0.4) is 0 Å². The molecule has 5 heteroatoms. The summed E-state index contributed by atoms with van der Waals surface area (Å²) in [6.45, 7) is 3.95. The summed E-state index contributed by atoms with van der Waals surface area (Å²) in [5, 5.41) is 3.11. The van der Waals surface area contributed by atoms with Gasteiger partial charge >= 0.3 is 0 Å². The van der Waals surface area contributed by atoms with Gasteiger partial charge in [0, 0.05) is 11.1 Å². The molecule has 0 atom stereocenters. The van der Waals surface area contributed by atoms with Gasteiger partial charge in [0.2, 0.25) is 0 Å². The van der Waals surface area contributed by atoms with Gasteiger partial charge < -0.3 is 0 Å². The van der Waals surface area contributed by atoms with E-state index in [1.165, 1.54) is 0 Å². The Morgan fingerprint density at radius 1 is 1.19 bits per heavy atom. The summed E-state index contributed by atoms with van der Waals surface area (Å²) in [4.78, 5) is 13.2. The molecular formula is C11H12ClN3S. The van der Waals surface area contributed by atoms with Gasteiger partial charge in [-0.1, -0.05) is 0 Å². The Kier molecular flexibility index (Phi) is 3.51. The maximum atomic E-state index is 5.77. The minimum atomic E-state index is 0.423. The fraction of sp³-hybridized carbons (Fsp3) is 0.364.